The Morgan fingerprint density at radius 1 is 1.43 bits per heavy atom. The molecule has 0 aromatic carbocycles. The number of β-lactam (4-membered cyclic amide) rings is 1. The summed E-state index contributed by atoms with van der Waals surface area (Å²) in [6.45, 7) is 1.53. The van der Waals surface area contributed by atoms with Crippen molar-refractivity contribution in [2.75, 3.05) is 7.05 Å². The zero-order valence-corrected chi connectivity index (χ0v) is 13.4. The van der Waals surface area contributed by atoms with Gasteiger partial charge >= 0.3 is 5.97 Å². The topological polar surface area (TPSA) is 107 Å². The molecule has 0 aliphatic carbocycles. The lowest BCUT2D eigenvalue weighted by atomic mass is 9.83. The van der Waals surface area contributed by atoms with E-state index >= 15 is 0 Å². The average molecular weight is 336 g/mol. The van der Waals surface area contributed by atoms with E-state index in [1.54, 1.807) is 12.1 Å². The van der Waals surface area contributed by atoms with Crippen molar-refractivity contribution < 1.29 is 24.6 Å². The van der Waals surface area contributed by atoms with E-state index in [1.165, 1.54) is 30.2 Å². The number of aliphatic carboxylic acids is 1. The van der Waals surface area contributed by atoms with E-state index in [9.17, 15) is 24.6 Å². The molecule has 23 heavy (non-hydrogen) atoms. The van der Waals surface area contributed by atoms with Gasteiger partial charge < -0.3 is 20.4 Å². The van der Waals surface area contributed by atoms with Gasteiger partial charge in [0.15, 0.2) is 0 Å². The minimum absolute atomic E-state index is 0.0396. The molecule has 3 rings (SSSR count). The van der Waals surface area contributed by atoms with E-state index in [0.717, 1.165) is 0 Å². The monoisotopic (exact) mass is 336 g/mol. The Kier molecular flexibility index (Phi) is 3.73. The predicted molar refractivity (Wildman–Crippen MR) is 82.7 cm³/mol. The minimum atomic E-state index is -1.17. The van der Waals surface area contributed by atoms with Crippen LogP contribution in [-0.2, 0) is 9.59 Å². The van der Waals surface area contributed by atoms with Crippen molar-refractivity contribution >= 4 is 34.7 Å². The summed E-state index contributed by atoms with van der Waals surface area (Å²) in [5.74, 6) is -2.34. The number of aliphatic hydroxyl groups excluding tert-OH is 1. The molecule has 0 spiro atoms. The van der Waals surface area contributed by atoms with Gasteiger partial charge in [0.1, 0.15) is 5.70 Å². The van der Waals surface area contributed by atoms with Crippen LogP contribution in [0.4, 0.5) is 0 Å². The van der Waals surface area contributed by atoms with E-state index in [1.807, 2.05) is 0 Å². The molecule has 7 nitrogen and oxygen atoms in total. The molecule has 1 aromatic rings. The molecule has 0 saturated carbocycles. The third-order valence-electron chi connectivity index (χ3n) is 4.29. The third-order valence-corrected chi connectivity index (χ3v) is 5.43. The van der Waals surface area contributed by atoms with Crippen LogP contribution in [0.3, 0.4) is 0 Å². The third kappa shape index (κ3) is 2.25. The standard InChI is InChI=1S/C15H16N2O5S/c1-6(18)11-8-5-7(12(15(21)22)17(8)14(11)20)9-3-4-10(23-9)13(19)16-2/h3-4,6,8,11,18H,5H2,1-2H3,(H,16,19)(H,21,22)/t6-,8?,11?/m1/s1. The van der Waals surface area contributed by atoms with Gasteiger partial charge in [0, 0.05) is 17.5 Å². The molecule has 3 atom stereocenters. The van der Waals surface area contributed by atoms with Gasteiger partial charge in [-0.3, -0.25) is 9.59 Å². The lowest BCUT2D eigenvalue weighted by Gasteiger charge is -2.44. The second-order valence-corrected chi connectivity index (χ2v) is 6.71. The second-order valence-electron chi connectivity index (χ2n) is 5.62. The smallest absolute Gasteiger partial charge is 0.352 e. The van der Waals surface area contributed by atoms with Crippen LogP contribution in [0.25, 0.3) is 5.57 Å². The van der Waals surface area contributed by atoms with Gasteiger partial charge in [-0.15, -0.1) is 11.3 Å². The number of carbonyl (C=O) groups is 3. The number of thiophene rings is 1. The van der Waals surface area contributed by atoms with Crippen LogP contribution in [-0.4, -0.2) is 52.1 Å². The molecule has 1 aromatic heterocycles. The molecule has 2 unspecified atom stereocenters. The maximum Gasteiger partial charge on any atom is 0.352 e. The quantitative estimate of drug-likeness (QED) is 0.695. The van der Waals surface area contributed by atoms with Crippen LogP contribution in [0.1, 0.15) is 27.9 Å². The maximum absolute atomic E-state index is 12.1. The van der Waals surface area contributed by atoms with Crippen LogP contribution in [0.2, 0.25) is 0 Å². The van der Waals surface area contributed by atoms with Gasteiger partial charge in [0.2, 0.25) is 5.91 Å². The largest absolute Gasteiger partial charge is 0.477 e. The molecule has 2 aliphatic rings. The Balaban J connectivity index is 1.98. The van der Waals surface area contributed by atoms with Crippen molar-refractivity contribution in [1.29, 1.82) is 0 Å². The van der Waals surface area contributed by atoms with Crippen LogP contribution in [0.15, 0.2) is 17.8 Å². The number of hydrogen-bond donors (Lipinski definition) is 3. The highest BCUT2D eigenvalue weighted by atomic mass is 32.1. The van der Waals surface area contributed by atoms with E-state index in [4.69, 9.17) is 0 Å². The van der Waals surface area contributed by atoms with E-state index in [2.05, 4.69) is 5.32 Å². The summed E-state index contributed by atoms with van der Waals surface area (Å²) >= 11 is 1.19. The molecule has 3 N–H and O–H groups in total. The fourth-order valence-electron chi connectivity index (χ4n) is 3.24. The number of hydrogen-bond acceptors (Lipinski definition) is 5. The Morgan fingerprint density at radius 2 is 2.13 bits per heavy atom. The first-order valence-corrected chi connectivity index (χ1v) is 7.98. The molecule has 8 heteroatoms. The predicted octanol–water partition coefficient (Wildman–Crippen LogP) is 0.515. The molecule has 1 saturated heterocycles. The molecular formula is C15H16N2O5S. The van der Waals surface area contributed by atoms with Crippen LogP contribution >= 0.6 is 11.3 Å². The number of carboxylic acids is 1. The summed E-state index contributed by atoms with van der Waals surface area (Å²) in [6.07, 6.45) is -0.445. The molecule has 0 bridgehead atoms. The number of fused-ring (bicyclic) bond motifs is 1. The lowest BCUT2D eigenvalue weighted by Crippen LogP contribution is -2.61. The summed E-state index contributed by atoms with van der Waals surface area (Å²) < 4.78 is 0. The summed E-state index contributed by atoms with van der Waals surface area (Å²) in [7, 11) is 1.52. The number of carboxylic acid groups (broad SMARTS) is 1. The van der Waals surface area contributed by atoms with Crippen molar-refractivity contribution in [3.05, 3.63) is 27.6 Å². The molecule has 122 valence electrons. The number of rotatable bonds is 4. The van der Waals surface area contributed by atoms with E-state index < -0.39 is 18.0 Å². The molecule has 3 heterocycles. The zero-order valence-electron chi connectivity index (χ0n) is 12.6. The van der Waals surface area contributed by atoms with Gasteiger partial charge in [0.05, 0.1) is 22.9 Å². The molecule has 2 amide bonds. The normalized spacial score (nSPS) is 24.3. The van der Waals surface area contributed by atoms with Gasteiger partial charge in [0.25, 0.3) is 5.91 Å². The first kappa shape index (κ1) is 15.7. The molecule has 2 aliphatic heterocycles. The summed E-state index contributed by atoms with van der Waals surface area (Å²) in [5, 5.41) is 21.7. The second kappa shape index (κ2) is 5.47. The maximum atomic E-state index is 12.1. The van der Waals surface area contributed by atoms with Crippen molar-refractivity contribution in [3.63, 3.8) is 0 Å². The minimum Gasteiger partial charge on any atom is -0.477 e. The van der Waals surface area contributed by atoms with Crippen molar-refractivity contribution in [1.82, 2.24) is 10.2 Å². The van der Waals surface area contributed by atoms with Gasteiger partial charge in [-0.25, -0.2) is 4.79 Å². The number of carbonyl (C=O) groups excluding carboxylic acids is 2. The number of nitrogens with one attached hydrogen (secondary N) is 1. The van der Waals surface area contributed by atoms with Gasteiger partial charge in [-0.1, -0.05) is 0 Å². The average Bonchev–Trinajstić information content (AvgIpc) is 3.08. The summed E-state index contributed by atoms with van der Waals surface area (Å²) in [4.78, 5) is 37.8. The SMILES string of the molecule is CNC(=O)c1ccc(C2=C(C(=O)O)N3C(=O)C([C@@H](C)O)C3C2)s1. The first-order valence-electron chi connectivity index (χ1n) is 7.16. The Hall–Kier alpha value is -2.19. The van der Waals surface area contributed by atoms with Crippen molar-refractivity contribution in [2.45, 2.75) is 25.5 Å². The van der Waals surface area contributed by atoms with Crippen molar-refractivity contribution in [2.24, 2.45) is 5.92 Å². The number of nitrogens with zero attached hydrogens (tertiary/aromatic N) is 1. The number of amides is 2. The molecular weight excluding hydrogens is 320 g/mol. The fraction of sp³-hybridized carbons (Fsp3) is 0.400. The first-order chi connectivity index (χ1) is 10.9. The highest BCUT2D eigenvalue weighted by Gasteiger charge is 2.56. The highest BCUT2D eigenvalue weighted by Crippen LogP contribution is 2.47. The van der Waals surface area contributed by atoms with Crippen LogP contribution < -0.4 is 5.32 Å². The lowest BCUT2D eigenvalue weighted by molar-refractivity contribution is -0.161. The van der Waals surface area contributed by atoms with Crippen LogP contribution in [0, 0.1) is 5.92 Å². The summed E-state index contributed by atoms with van der Waals surface area (Å²) in [6, 6.07) is 3.00. The Labute approximate surface area is 136 Å². The van der Waals surface area contributed by atoms with E-state index in [0.29, 0.717) is 21.7 Å². The van der Waals surface area contributed by atoms with Crippen molar-refractivity contribution in [3.8, 4) is 0 Å². The number of aliphatic hydroxyl groups is 1. The zero-order chi connectivity index (χ0) is 16.9. The fourth-order valence-corrected chi connectivity index (χ4v) is 4.24. The van der Waals surface area contributed by atoms with Gasteiger partial charge in [-0.05, 0) is 25.5 Å². The van der Waals surface area contributed by atoms with Crippen LogP contribution in [0.5, 0.6) is 0 Å². The molecule has 0 radical (unpaired) electrons. The molecule has 1 fully saturated rings. The highest BCUT2D eigenvalue weighted by molar-refractivity contribution is 7.15. The summed E-state index contributed by atoms with van der Waals surface area (Å²) in [5.41, 5.74) is 0.501. The Bertz CT molecular complexity index is 736. The van der Waals surface area contributed by atoms with Gasteiger partial charge in [-0.2, -0.15) is 0 Å². The Morgan fingerprint density at radius 3 is 2.70 bits per heavy atom. The van der Waals surface area contributed by atoms with E-state index in [-0.39, 0.29) is 23.6 Å².